The van der Waals surface area contributed by atoms with Crippen molar-refractivity contribution in [1.29, 1.82) is 0 Å². The molecule has 0 saturated carbocycles. The van der Waals surface area contributed by atoms with Crippen LogP contribution in [0.15, 0.2) is 70.6 Å². The third kappa shape index (κ3) is 3.98. The number of aromatic hydroxyl groups is 1. The van der Waals surface area contributed by atoms with Gasteiger partial charge >= 0.3 is 0 Å². The number of allylic oxidation sites excluding steroid dienone is 4. The molecule has 1 N–H and O–H groups in total. The van der Waals surface area contributed by atoms with Crippen molar-refractivity contribution in [2.24, 2.45) is 0 Å². The lowest BCUT2D eigenvalue weighted by Gasteiger charge is -2.17. The summed E-state index contributed by atoms with van der Waals surface area (Å²) in [6.07, 6.45) is 10.6. The van der Waals surface area contributed by atoms with Crippen LogP contribution in [0.5, 0.6) is 5.75 Å². The summed E-state index contributed by atoms with van der Waals surface area (Å²) in [5, 5.41) is 12.2. The second-order valence-corrected chi connectivity index (χ2v) is 9.03. The van der Waals surface area contributed by atoms with Crippen LogP contribution in [-0.4, -0.2) is 11.7 Å². The number of aromatic nitrogens is 1. The minimum absolute atomic E-state index is 0.315. The summed E-state index contributed by atoms with van der Waals surface area (Å²) in [5.41, 5.74) is 3.76. The van der Waals surface area contributed by atoms with Crippen LogP contribution in [0.3, 0.4) is 0 Å². The number of phenolic OH excluding ortho intramolecular Hbond substituents is 1. The zero-order valence-electron chi connectivity index (χ0n) is 16.9. The Labute approximate surface area is 180 Å². The smallest absolute Gasteiger partial charge is 0.262 e. The third-order valence-corrected chi connectivity index (χ3v) is 7.16. The molecule has 0 atom stereocenters. The maximum Gasteiger partial charge on any atom is 0.262 e. The van der Waals surface area contributed by atoms with Gasteiger partial charge in [-0.3, -0.25) is 0 Å². The predicted molar refractivity (Wildman–Crippen MR) is 126 cm³/mol. The summed E-state index contributed by atoms with van der Waals surface area (Å²) in [6, 6.07) is 12.2. The number of thioether (sulfide) groups is 1. The van der Waals surface area contributed by atoms with Gasteiger partial charge in [0.2, 0.25) is 5.52 Å². The highest BCUT2D eigenvalue weighted by atomic mass is 32.2. The summed E-state index contributed by atoms with van der Waals surface area (Å²) >= 11 is 3.53. The maximum absolute atomic E-state index is 9.73. The molecule has 0 amide bonds. The van der Waals surface area contributed by atoms with Gasteiger partial charge in [0.15, 0.2) is 0 Å². The molecule has 3 nitrogen and oxygen atoms in total. The van der Waals surface area contributed by atoms with Crippen molar-refractivity contribution in [2.45, 2.75) is 32.2 Å². The van der Waals surface area contributed by atoms with Crippen molar-refractivity contribution in [2.75, 3.05) is 11.4 Å². The fourth-order valence-electron chi connectivity index (χ4n) is 3.55. The molecule has 29 heavy (non-hydrogen) atoms. The first kappa shape index (κ1) is 19.8. The van der Waals surface area contributed by atoms with Crippen molar-refractivity contribution in [3.8, 4) is 5.75 Å². The number of phenols is 1. The molecule has 4 rings (SSSR count). The number of rotatable bonds is 5. The SMILES string of the molecule is CCN1C(=CC=CC=Cc2sc3cc(C)ccc3[n+]2CC)Sc2cc(O)ccc21. The van der Waals surface area contributed by atoms with Gasteiger partial charge in [-0.15, -0.1) is 0 Å². The Kier molecular flexibility index (Phi) is 5.79. The predicted octanol–water partition coefficient (Wildman–Crippen LogP) is 6.27. The van der Waals surface area contributed by atoms with E-state index in [0.29, 0.717) is 5.75 Å². The van der Waals surface area contributed by atoms with Crippen LogP contribution in [0.2, 0.25) is 0 Å². The Morgan fingerprint density at radius 2 is 1.93 bits per heavy atom. The number of thiazole rings is 1. The van der Waals surface area contributed by atoms with E-state index >= 15 is 0 Å². The van der Waals surface area contributed by atoms with E-state index in [1.54, 1.807) is 17.8 Å². The molecular weight excluding hydrogens is 396 g/mol. The van der Waals surface area contributed by atoms with E-state index in [9.17, 15) is 5.11 Å². The Hall–Kier alpha value is -2.50. The van der Waals surface area contributed by atoms with Gasteiger partial charge in [-0.2, -0.15) is 4.57 Å². The first-order valence-electron chi connectivity index (χ1n) is 9.87. The van der Waals surface area contributed by atoms with Crippen molar-refractivity contribution in [3.63, 3.8) is 0 Å². The molecule has 2 aromatic carbocycles. The number of benzene rings is 2. The van der Waals surface area contributed by atoms with E-state index < -0.39 is 0 Å². The number of anilines is 1. The van der Waals surface area contributed by atoms with Gasteiger partial charge in [-0.25, -0.2) is 0 Å². The largest absolute Gasteiger partial charge is 0.508 e. The Bertz CT molecular complexity index is 1140. The first-order valence-corrected chi connectivity index (χ1v) is 11.5. The molecule has 0 fully saturated rings. The third-order valence-electron chi connectivity index (χ3n) is 4.93. The number of nitrogens with zero attached hydrogens (tertiary/aromatic N) is 2. The van der Waals surface area contributed by atoms with Crippen LogP contribution in [0.4, 0.5) is 5.69 Å². The molecule has 2 heterocycles. The zero-order valence-corrected chi connectivity index (χ0v) is 18.6. The summed E-state index contributed by atoms with van der Waals surface area (Å²) in [4.78, 5) is 3.37. The zero-order chi connectivity index (χ0) is 20.4. The van der Waals surface area contributed by atoms with E-state index in [1.165, 1.54) is 25.8 Å². The van der Waals surface area contributed by atoms with Crippen LogP contribution < -0.4 is 9.47 Å². The summed E-state index contributed by atoms with van der Waals surface area (Å²) < 4.78 is 3.69. The van der Waals surface area contributed by atoms with Crippen molar-refractivity contribution in [1.82, 2.24) is 0 Å². The Balaban J connectivity index is 1.52. The average Bonchev–Trinajstić information content (AvgIpc) is 3.23. The van der Waals surface area contributed by atoms with Gasteiger partial charge in [-0.05, 0) is 56.7 Å². The average molecular weight is 422 g/mol. The number of fused-ring (bicyclic) bond motifs is 2. The Morgan fingerprint density at radius 1 is 1.07 bits per heavy atom. The van der Waals surface area contributed by atoms with Gasteiger partial charge in [-0.1, -0.05) is 47.4 Å². The maximum atomic E-state index is 9.73. The molecular formula is C24H25N2OS2+. The fraction of sp³-hybridized carbons (Fsp3) is 0.208. The highest BCUT2D eigenvalue weighted by molar-refractivity contribution is 8.03. The van der Waals surface area contributed by atoms with E-state index in [4.69, 9.17) is 0 Å². The fourth-order valence-corrected chi connectivity index (χ4v) is 5.96. The molecule has 0 bridgehead atoms. The first-order chi connectivity index (χ1) is 14.1. The molecule has 0 unspecified atom stereocenters. The summed E-state index contributed by atoms with van der Waals surface area (Å²) in [7, 11) is 0. The molecule has 0 spiro atoms. The van der Waals surface area contributed by atoms with Gasteiger partial charge in [0, 0.05) is 23.6 Å². The molecule has 0 saturated heterocycles. The standard InChI is InChI=1S/C24H24N2OS2/c1-4-25-19-13-11-17(3)15-21(19)28-23(25)9-7-6-8-10-24-26(5-2)20-14-12-18(27)16-22(20)29-24/h6-16H,4-5H2,1-3H3/p+1. The van der Waals surface area contributed by atoms with Crippen molar-refractivity contribution >= 4 is 45.1 Å². The van der Waals surface area contributed by atoms with Crippen LogP contribution >= 0.6 is 23.1 Å². The quantitative estimate of drug-likeness (QED) is 0.389. The Morgan fingerprint density at radius 3 is 2.72 bits per heavy atom. The minimum Gasteiger partial charge on any atom is -0.508 e. The second kappa shape index (κ2) is 8.47. The van der Waals surface area contributed by atoms with E-state index in [1.807, 2.05) is 23.5 Å². The lowest BCUT2D eigenvalue weighted by atomic mass is 10.2. The second-order valence-electron chi connectivity index (χ2n) is 6.90. The van der Waals surface area contributed by atoms with E-state index in [0.717, 1.165) is 23.7 Å². The molecule has 148 valence electrons. The lowest BCUT2D eigenvalue weighted by Crippen LogP contribution is -2.33. The minimum atomic E-state index is 0.315. The van der Waals surface area contributed by atoms with E-state index in [-0.39, 0.29) is 0 Å². The van der Waals surface area contributed by atoms with Gasteiger partial charge in [0.05, 0.1) is 10.7 Å². The van der Waals surface area contributed by atoms with Crippen LogP contribution in [0.25, 0.3) is 16.3 Å². The molecule has 1 aliphatic heterocycles. The molecule has 1 aliphatic rings. The topological polar surface area (TPSA) is 27.4 Å². The monoisotopic (exact) mass is 421 g/mol. The summed E-state index contributed by atoms with van der Waals surface area (Å²) in [5.74, 6) is 0.315. The van der Waals surface area contributed by atoms with Gasteiger partial charge < -0.3 is 10.0 Å². The van der Waals surface area contributed by atoms with Crippen LogP contribution in [0, 0.1) is 6.92 Å². The molecule has 5 heteroatoms. The number of hydrogen-bond donors (Lipinski definition) is 1. The summed E-state index contributed by atoms with van der Waals surface area (Å²) in [6.45, 7) is 8.34. The number of aryl methyl sites for hydroxylation is 2. The van der Waals surface area contributed by atoms with Crippen LogP contribution in [0.1, 0.15) is 24.4 Å². The molecule has 1 aromatic heterocycles. The van der Waals surface area contributed by atoms with E-state index in [2.05, 4.69) is 78.8 Å². The highest BCUT2D eigenvalue weighted by Crippen LogP contribution is 2.46. The molecule has 3 aromatic rings. The highest BCUT2D eigenvalue weighted by Gasteiger charge is 2.23. The van der Waals surface area contributed by atoms with Crippen molar-refractivity contribution < 1.29 is 9.67 Å². The number of hydrogen-bond acceptors (Lipinski definition) is 4. The molecule has 0 aliphatic carbocycles. The van der Waals surface area contributed by atoms with Gasteiger partial charge in [0.1, 0.15) is 17.0 Å². The normalized spacial score (nSPS) is 15.4. The van der Waals surface area contributed by atoms with Crippen LogP contribution in [-0.2, 0) is 6.54 Å². The molecule has 0 radical (unpaired) electrons. The van der Waals surface area contributed by atoms with Gasteiger partial charge in [0.25, 0.3) is 5.01 Å². The lowest BCUT2D eigenvalue weighted by molar-refractivity contribution is -0.665. The van der Waals surface area contributed by atoms with Crippen molar-refractivity contribution in [3.05, 3.63) is 76.3 Å².